The third kappa shape index (κ3) is 4.05. The number of nitrogens with one attached hydrogen (secondary N) is 1. The van der Waals surface area contributed by atoms with Gasteiger partial charge < -0.3 is 10.1 Å². The minimum absolute atomic E-state index is 0.192. The first-order valence-corrected chi connectivity index (χ1v) is 7.27. The minimum atomic E-state index is 0.192. The van der Waals surface area contributed by atoms with Gasteiger partial charge in [-0.25, -0.2) is 0 Å². The van der Waals surface area contributed by atoms with Crippen molar-refractivity contribution in [1.29, 1.82) is 0 Å². The van der Waals surface area contributed by atoms with Crippen molar-refractivity contribution in [2.24, 2.45) is 5.92 Å². The molecule has 0 amide bonds. The summed E-state index contributed by atoms with van der Waals surface area (Å²) in [6.07, 6.45) is 2.44. The maximum atomic E-state index is 12.3. The zero-order valence-electron chi connectivity index (χ0n) is 12.4. The molecule has 0 spiro atoms. The maximum Gasteiger partial charge on any atom is 0.176 e. The molecule has 1 fully saturated rings. The number of methoxy groups -OCH3 is 1. The molecule has 1 saturated heterocycles. The van der Waals surface area contributed by atoms with Crippen LogP contribution in [0.15, 0.2) is 24.3 Å². The van der Waals surface area contributed by atoms with E-state index in [4.69, 9.17) is 4.74 Å². The van der Waals surface area contributed by atoms with Crippen LogP contribution in [0.25, 0.3) is 0 Å². The number of carbonyl (C=O) groups excluding carboxylic acids is 1. The zero-order chi connectivity index (χ0) is 14.4. The van der Waals surface area contributed by atoms with Gasteiger partial charge in [-0.05, 0) is 63.2 Å². The van der Waals surface area contributed by atoms with Gasteiger partial charge in [0, 0.05) is 12.1 Å². The van der Waals surface area contributed by atoms with Crippen molar-refractivity contribution in [2.75, 3.05) is 40.3 Å². The summed E-state index contributed by atoms with van der Waals surface area (Å²) < 4.78 is 5.11. The Balaban J connectivity index is 1.89. The highest BCUT2D eigenvalue weighted by Gasteiger charge is 2.21. The summed E-state index contributed by atoms with van der Waals surface area (Å²) in [6, 6.07) is 7.37. The summed E-state index contributed by atoms with van der Waals surface area (Å²) in [4.78, 5) is 14.6. The molecule has 0 saturated carbocycles. The highest BCUT2D eigenvalue weighted by atomic mass is 16.5. The number of ketones is 1. The quantitative estimate of drug-likeness (QED) is 0.805. The minimum Gasteiger partial charge on any atom is -0.497 e. The molecule has 1 N–H and O–H groups in total. The van der Waals surface area contributed by atoms with Crippen molar-refractivity contribution in [3.63, 3.8) is 0 Å². The van der Waals surface area contributed by atoms with E-state index in [9.17, 15) is 4.79 Å². The van der Waals surface area contributed by atoms with Gasteiger partial charge in [0.15, 0.2) is 5.78 Å². The number of hydrogen-bond acceptors (Lipinski definition) is 4. The number of ether oxygens (including phenoxy) is 1. The van der Waals surface area contributed by atoms with Crippen LogP contribution < -0.4 is 10.1 Å². The van der Waals surface area contributed by atoms with Crippen molar-refractivity contribution in [1.82, 2.24) is 10.2 Å². The third-order valence-corrected chi connectivity index (χ3v) is 3.88. The van der Waals surface area contributed by atoms with Crippen molar-refractivity contribution in [3.05, 3.63) is 29.8 Å². The molecule has 2 rings (SSSR count). The molecule has 1 atom stereocenters. The van der Waals surface area contributed by atoms with Crippen LogP contribution in [-0.4, -0.2) is 51.0 Å². The SMILES string of the molecule is CNCC1CCCN(CC(=O)c2ccc(OC)cc2)C1. The van der Waals surface area contributed by atoms with E-state index in [-0.39, 0.29) is 5.78 Å². The number of benzene rings is 1. The molecular weight excluding hydrogens is 252 g/mol. The fourth-order valence-corrected chi connectivity index (χ4v) is 2.82. The monoisotopic (exact) mass is 276 g/mol. The highest BCUT2D eigenvalue weighted by molar-refractivity contribution is 5.97. The molecule has 1 heterocycles. The van der Waals surface area contributed by atoms with Crippen LogP contribution in [0.4, 0.5) is 0 Å². The Morgan fingerprint density at radius 3 is 2.80 bits per heavy atom. The standard InChI is InChI=1S/C16H24N2O2/c1-17-10-13-4-3-9-18(11-13)12-16(19)14-5-7-15(20-2)8-6-14/h5-8,13,17H,3-4,9-12H2,1-2H3. The normalized spacial score (nSPS) is 19.8. The van der Waals surface area contributed by atoms with Crippen LogP contribution in [0.1, 0.15) is 23.2 Å². The Morgan fingerprint density at radius 1 is 1.40 bits per heavy atom. The van der Waals surface area contributed by atoms with Crippen LogP contribution in [0.3, 0.4) is 0 Å². The van der Waals surface area contributed by atoms with Gasteiger partial charge in [-0.1, -0.05) is 0 Å². The third-order valence-electron chi connectivity index (χ3n) is 3.88. The van der Waals surface area contributed by atoms with E-state index in [1.54, 1.807) is 7.11 Å². The van der Waals surface area contributed by atoms with Crippen molar-refractivity contribution in [3.8, 4) is 5.75 Å². The van der Waals surface area contributed by atoms with Crippen molar-refractivity contribution in [2.45, 2.75) is 12.8 Å². The highest BCUT2D eigenvalue weighted by Crippen LogP contribution is 2.17. The topological polar surface area (TPSA) is 41.6 Å². The summed E-state index contributed by atoms with van der Waals surface area (Å²) in [5.41, 5.74) is 0.765. The van der Waals surface area contributed by atoms with E-state index in [0.29, 0.717) is 12.5 Å². The first kappa shape index (κ1) is 15.0. The zero-order valence-corrected chi connectivity index (χ0v) is 12.4. The van der Waals surface area contributed by atoms with E-state index < -0.39 is 0 Å². The van der Waals surface area contributed by atoms with Crippen LogP contribution in [0.5, 0.6) is 5.75 Å². The molecule has 1 aliphatic rings. The summed E-state index contributed by atoms with van der Waals surface area (Å²) in [7, 11) is 3.62. The van der Waals surface area contributed by atoms with Gasteiger partial charge in [0.1, 0.15) is 5.75 Å². The Kier molecular flexibility index (Phi) is 5.56. The number of Topliss-reactive ketones (excluding diaryl/α,β-unsaturated/α-hetero) is 1. The lowest BCUT2D eigenvalue weighted by molar-refractivity contribution is 0.0886. The Morgan fingerprint density at radius 2 is 2.15 bits per heavy atom. The molecule has 20 heavy (non-hydrogen) atoms. The van der Waals surface area contributed by atoms with Crippen molar-refractivity contribution >= 4 is 5.78 Å². The predicted octanol–water partition coefficient (Wildman–Crippen LogP) is 1.81. The van der Waals surface area contributed by atoms with E-state index in [1.165, 1.54) is 12.8 Å². The lowest BCUT2D eigenvalue weighted by atomic mass is 9.97. The number of piperidine rings is 1. The molecule has 1 unspecified atom stereocenters. The van der Waals surface area contributed by atoms with E-state index >= 15 is 0 Å². The summed E-state index contributed by atoms with van der Waals surface area (Å²) in [5.74, 6) is 1.64. The first-order chi connectivity index (χ1) is 9.72. The molecule has 1 aromatic rings. The number of rotatable bonds is 6. The lowest BCUT2D eigenvalue weighted by Crippen LogP contribution is -2.41. The van der Waals surface area contributed by atoms with Gasteiger partial charge in [0.25, 0.3) is 0 Å². The van der Waals surface area contributed by atoms with Gasteiger partial charge >= 0.3 is 0 Å². The second-order valence-electron chi connectivity index (χ2n) is 5.45. The Hall–Kier alpha value is -1.39. The largest absolute Gasteiger partial charge is 0.497 e. The van der Waals surface area contributed by atoms with Gasteiger partial charge in [0.05, 0.1) is 13.7 Å². The first-order valence-electron chi connectivity index (χ1n) is 7.27. The molecule has 4 nitrogen and oxygen atoms in total. The average molecular weight is 276 g/mol. The number of nitrogens with zero attached hydrogens (tertiary/aromatic N) is 1. The maximum absolute atomic E-state index is 12.3. The molecule has 0 radical (unpaired) electrons. The summed E-state index contributed by atoms with van der Waals surface area (Å²) in [6.45, 7) is 3.60. The van der Waals surface area contributed by atoms with E-state index in [1.807, 2.05) is 31.3 Å². The molecular formula is C16H24N2O2. The van der Waals surface area contributed by atoms with Crippen LogP contribution >= 0.6 is 0 Å². The number of likely N-dealkylation sites (tertiary alicyclic amines) is 1. The molecule has 0 aromatic heterocycles. The molecule has 0 bridgehead atoms. The summed E-state index contributed by atoms with van der Waals surface area (Å²) >= 11 is 0. The molecule has 110 valence electrons. The van der Waals surface area contributed by atoms with Gasteiger partial charge in [-0.15, -0.1) is 0 Å². The van der Waals surface area contributed by atoms with Gasteiger partial charge in [-0.3, -0.25) is 9.69 Å². The predicted molar refractivity (Wildman–Crippen MR) is 80.4 cm³/mol. The fourth-order valence-electron chi connectivity index (χ4n) is 2.82. The average Bonchev–Trinajstić information content (AvgIpc) is 2.48. The van der Waals surface area contributed by atoms with Crippen LogP contribution in [0, 0.1) is 5.92 Å². The number of hydrogen-bond donors (Lipinski definition) is 1. The second kappa shape index (κ2) is 7.41. The lowest BCUT2D eigenvalue weighted by Gasteiger charge is -2.32. The smallest absolute Gasteiger partial charge is 0.176 e. The molecule has 1 aromatic carbocycles. The molecule has 1 aliphatic heterocycles. The molecule has 4 heteroatoms. The Labute approximate surface area is 121 Å². The second-order valence-corrected chi connectivity index (χ2v) is 5.45. The van der Waals surface area contributed by atoms with Crippen LogP contribution in [-0.2, 0) is 0 Å². The van der Waals surface area contributed by atoms with Crippen LogP contribution in [0.2, 0.25) is 0 Å². The van der Waals surface area contributed by atoms with Crippen molar-refractivity contribution < 1.29 is 9.53 Å². The molecule has 0 aliphatic carbocycles. The number of carbonyl (C=O) groups is 1. The van der Waals surface area contributed by atoms with Gasteiger partial charge in [0.2, 0.25) is 0 Å². The summed E-state index contributed by atoms with van der Waals surface area (Å²) in [5, 5.41) is 3.23. The van der Waals surface area contributed by atoms with E-state index in [2.05, 4.69) is 10.2 Å². The van der Waals surface area contributed by atoms with Gasteiger partial charge in [-0.2, -0.15) is 0 Å². The van der Waals surface area contributed by atoms with E-state index in [0.717, 1.165) is 30.9 Å². The fraction of sp³-hybridized carbons (Fsp3) is 0.562. The Bertz CT molecular complexity index is 429.